The molecule has 0 aliphatic carbocycles. The zero-order valence-corrected chi connectivity index (χ0v) is 7.05. The van der Waals surface area contributed by atoms with E-state index in [1.54, 1.807) is 6.07 Å². The third kappa shape index (κ3) is 2.03. The Morgan fingerprint density at radius 2 is 2.33 bits per heavy atom. The molecule has 0 aliphatic heterocycles. The number of hydrogen-bond acceptors (Lipinski definition) is 2. The van der Waals surface area contributed by atoms with Crippen LogP contribution in [0.3, 0.4) is 0 Å². The number of halogens is 1. The van der Waals surface area contributed by atoms with E-state index in [9.17, 15) is 4.39 Å². The Kier molecular flexibility index (Phi) is 3.19. The summed E-state index contributed by atoms with van der Waals surface area (Å²) < 4.78 is 12.7. The first kappa shape index (κ1) is 9.16. The van der Waals surface area contributed by atoms with Crippen LogP contribution in [0.15, 0.2) is 24.3 Å². The molecule has 1 aromatic carbocycles. The van der Waals surface area contributed by atoms with Gasteiger partial charge in [0.05, 0.1) is 0 Å². The van der Waals surface area contributed by atoms with Gasteiger partial charge in [-0.1, -0.05) is 12.1 Å². The molecule has 0 heterocycles. The number of benzene rings is 1. The highest BCUT2D eigenvalue weighted by atomic mass is 19.1. The Bertz CT molecular complexity index is 246. The number of hydrogen-bond donors (Lipinski definition) is 2. The monoisotopic (exact) mass is 168 g/mol. The van der Waals surface area contributed by atoms with Crippen molar-refractivity contribution < 1.29 is 4.39 Å². The van der Waals surface area contributed by atoms with E-state index in [0.717, 1.165) is 5.56 Å². The van der Waals surface area contributed by atoms with E-state index >= 15 is 0 Å². The molecule has 0 spiro atoms. The Morgan fingerprint density at radius 1 is 1.58 bits per heavy atom. The highest BCUT2D eigenvalue weighted by Crippen LogP contribution is 2.11. The molecular weight excluding hydrogens is 155 g/mol. The van der Waals surface area contributed by atoms with Gasteiger partial charge in [-0.25, -0.2) is 4.39 Å². The lowest BCUT2D eigenvalue weighted by Crippen LogP contribution is -2.24. The third-order valence-corrected chi connectivity index (χ3v) is 1.84. The molecule has 0 bridgehead atoms. The molecule has 0 aromatic heterocycles. The lowest BCUT2D eigenvalue weighted by Gasteiger charge is -2.13. The zero-order chi connectivity index (χ0) is 8.97. The van der Waals surface area contributed by atoms with Crippen LogP contribution in [0.25, 0.3) is 0 Å². The van der Waals surface area contributed by atoms with Crippen LogP contribution < -0.4 is 11.1 Å². The standard InChI is InChI=1S/C9H13FN2/c1-12-9(6-11)7-3-2-4-8(10)5-7/h2-5,9,12H,6,11H2,1H3/t9-/m0/s1. The van der Waals surface area contributed by atoms with Crippen LogP contribution in [-0.2, 0) is 0 Å². The molecule has 3 heteroatoms. The largest absolute Gasteiger partial charge is 0.329 e. The van der Waals surface area contributed by atoms with Crippen LogP contribution in [0.2, 0.25) is 0 Å². The summed E-state index contributed by atoms with van der Waals surface area (Å²) in [4.78, 5) is 0. The Morgan fingerprint density at radius 3 is 2.83 bits per heavy atom. The van der Waals surface area contributed by atoms with Gasteiger partial charge in [-0.15, -0.1) is 0 Å². The molecule has 0 saturated heterocycles. The summed E-state index contributed by atoms with van der Waals surface area (Å²) in [5.41, 5.74) is 6.37. The average Bonchev–Trinajstić information content (AvgIpc) is 2.07. The van der Waals surface area contributed by atoms with Gasteiger partial charge in [-0.2, -0.15) is 0 Å². The third-order valence-electron chi connectivity index (χ3n) is 1.84. The molecule has 0 saturated carbocycles. The Hall–Kier alpha value is -0.930. The van der Waals surface area contributed by atoms with E-state index in [1.165, 1.54) is 12.1 Å². The van der Waals surface area contributed by atoms with Crippen molar-refractivity contribution in [2.24, 2.45) is 5.73 Å². The van der Waals surface area contributed by atoms with Crippen LogP contribution in [-0.4, -0.2) is 13.6 Å². The van der Waals surface area contributed by atoms with Gasteiger partial charge in [-0.05, 0) is 24.7 Å². The predicted octanol–water partition coefficient (Wildman–Crippen LogP) is 1.04. The normalized spacial score (nSPS) is 12.9. The zero-order valence-electron chi connectivity index (χ0n) is 7.05. The lowest BCUT2D eigenvalue weighted by molar-refractivity contribution is 0.587. The maximum atomic E-state index is 12.7. The van der Waals surface area contributed by atoms with Crippen LogP contribution in [0.4, 0.5) is 4.39 Å². The molecule has 0 fully saturated rings. The summed E-state index contributed by atoms with van der Waals surface area (Å²) in [7, 11) is 1.81. The van der Waals surface area contributed by atoms with E-state index in [-0.39, 0.29) is 11.9 Å². The van der Waals surface area contributed by atoms with E-state index in [4.69, 9.17) is 5.73 Å². The molecule has 0 radical (unpaired) electrons. The fraction of sp³-hybridized carbons (Fsp3) is 0.333. The van der Waals surface area contributed by atoms with Crippen LogP contribution >= 0.6 is 0 Å². The van der Waals surface area contributed by atoms with Gasteiger partial charge >= 0.3 is 0 Å². The first-order valence-corrected chi connectivity index (χ1v) is 3.90. The quantitative estimate of drug-likeness (QED) is 0.707. The molecule has 12 heavy (non-hydrogen) atoms. The first-order valence-electron chi connectivity index (χ1n) is 3.90. The van der Waals surface area contributed by atoms with Gasteiger partial charge < -0.3 is 11.1 Å². The first-order chi connectivity index (χ1) is 5.77. The molecule has 3 N–H and O–H groups in total. The van der Waals surface area contributed by atoms with Crippen molar-refractivity contribution in [3.63, 3.8) is 0 Å². The van der Waals surface area contributed by atoms with Crippen molar-refractivity contribution in [1.29, 1.82) is 0 Å². The summed E-state index contributed by atoms with van der Waals surface area (Å²) in [6.45, 7) is 0.472. The van der Waals surface area contributed by atoms with Crippen LogP contribution in [0.1, 0.15) is 11.6 Å². The smallest absolute Gasteiger partial charge is 0.123 e. The van der Waals surface area contributed by atoms with Gasteiger partial charge in [0.2, 0.25) is 0 Å². The van der Waals surface area contributed by atoms with E-state index < -0.39 is 0 Å². The molecular formula is C9H13FN2. The van der Waals surface area contributed by atoms with Crippen molar-refractivity contribution in [3.05, 3.63) is 35.6 Å². The van der Waals surface area contributed by atoms with E-state index in [1.807, 2.05) is 13.1 Å². The maximum absolute atomic E-state index is 12.7. The minimum atomic E-state index is -0.221. The second kappa shape index (κ2) is 4.18. The summed E-state index contributed by atoms with van der Waals surface area (Å²) in [5.74, 6) is -0.221. The van der Waals surface area contributed by atoms with Crippen molar-refractivity contribution in [2.75, 3.05) is 13.6 Å². The van der Waals surface area contributed by atoms with Crippen LogP contribution in [0.5, 0.6) is 0 Å². The van der Waals surface area contributed by atoms with Gasteiger partial charge in [-0.3, -0.25) is 0 Å². The summed E-state index contributed by atoms with van der Waals surface area (Å²) in [6.07, 6.45) is 0. The Labute approximate surface area is 71.6 Å². The topological polar surface area (TPSA) is 38.0 Å². The molecule has 0 unspecified atom stereocenters. The average molecular weight is 168 g/mol. The SMILES string of the molecule is CN[C@@H](CN)c1cccc(F)c1. The molecule has 2 nitrogen and oxygen atoms in total. The number of likely N-dealkylation sites (N-methyl/N-ethyl adjacent to an activating group) is 1. The van der Waals surface area contributed by atoms with Crippen molar-refractivity contribution in [3.8, 4) is 0 Å². The van der Waals surface area contributed by atoms with Gasteiger partial charge in [0.15, 0.2) is 0 Å². The molecule has 0 aliphatic rings. The molecule has 66 valence electrons. The van der Waals surface area contributed by atoms with Crippen molar-refractivity contribution in [2.45, 2.75) is 6.04 Å². The predicted molar refractivity (Wildman–Crippen MR) is 47.3 cm³/mol. The van der Waals surface area contributed by atoms with E-state index in [2.05, 4.69) is 5.32 Å². The number of nitrogens with two attached hydrogens (primary N) is 1. The highest BCUT2D eigenvalue weighted by molar-refractivity contribution is 5.20. The lowest BCUT2D eigenvalue weighted by atomic mass is 10.1. The fourth-order valence-corrected chi connectivity index (χ4v) is 1.14. The van der Waals surface area contributed by atoms with Crippen LogP contribution in [0, 0.1) is 5.82 Å². The fourth-order valence-electron chi connectivity index (χ4n) is 1.14. The minimum Gasteiger partial charge on any atom is -0.329 e. The maximum Gasteiger partial charge on any atom is 0.123 e. The van der Waals surface area contributed by atoms with Crippen molar-refractivity contribution in [1.82, 2.24) is 5.32 Å². The van der Waals surface area contributed by atoms with Gasteiger partial charge in [0, 0.05) is 12.6 Å². The molecule has 1 rings (SSSR count). The molecule has 1 atom stereocenters. The molecule has 1 aromatic rings. The summed E-state index contributed by atoms with van der Waals surface area (Å²) in [5, 5.41) is 3.00. The minimum absolute atomic E-state index is 0.0423. The van der Waals surface area contributed by atoms with E-state index in [0.29, 0.717) is 6.54 Å². The van der Waals surface area contributed by atoms with Crippen molar-refractivity contribution >= 4 is 0 Å². The second-order valence-corrected chi connectivity index (χ2v) is 2.63. The van der Waals surface area contributed by atoms with Gasteiger partial charge in [0.1, 0.15) is 5.82 Å². The summed E-state index contributed by atoms with van der Waals surface area (Å²) >= 11 is 0. The second-order valence-electron chi connectivity index (χ2n) is 2.63. The number of rotatable bonds is 3. The van der Waals surface area contributed by atoms with Gasteiger partial charge in [0.25, 0.3) is 0 Å². The highest BCUT2D eigenvalue weighted by Gasteiger charge is 2.06. The molecule has 0 amide bonds. The summed E-state index contributed by atoms with van der Waals surface area (Å²) in [6, 6.07) is 6.50. The number of nitrogens with one attached hydrogen (secondary N) is 1. The Balaban J connectivity index is 2.85.